The monoisotopic (exact) mass is 395 g/mol. The van der Waals surface area contributed by atoms with E-state index in [9.17, 15) is 13.6 Å². The molecule has 1 fully saturated rings. The normalized spacial score (nSPS) is 16.8. The molecule has 29 heavy (non-hydrogen) atoms. The van der Waals surface area contributed by atoms with Crippen LogP contribution in [0.5, 0.6) is 0 Å². The van der Waals surface area contributed by atoms with Gasteiger partial charge in [-0.05, 0) is 42.5 Å². The van der Waals surface area contributed by atoms with Crippen LogP contribution in [0.3, 0.4) is 0 Å². The second kappa shape index (κ2) is 8.55. The van der Waals surface area contributed by atoms with Crippen LogP contribution in [-0.4, -0.2) is 34.1 Å². The number of hydrogen-bond donors (Lipinski definition) is 1. The molecule has 0 aliphatic carbocycles. The minimum atomic E-state index is -0.879. The fourth-order valence-electron chi connectivity index (χ4n) is 3.99. The van der Waals surface area contributed by atoms with Gasteiger partial charge < -0.3 is 4.90 Å². The summed E-state index contributed by atoms with van der Waals surface area (Å²) in [4.78, 5) is 14.6. The Kier molecular flexibility index (Phi) is 5.69. The highest BCUT2D eigenvalue weighted by Gasteiger charge is 2.27. The molecule has 0 bridgehead atoms. The van der Waals surface area contributed by atoms with E-state index in [1.54, 1.807) is 12.3 Å². The van der Waals surface area contributed by atoms with Crippen molar-refractivity contribution in [2.45, 2.75) is 31.6 Å². The molecular formula is C23H23F2N3O. The van der Waals surface area contributed by atoms with Crippen LogP contribution in [0.2, 0.25) is 0 Å². The van der Waals surface area contributed by atoms with Crippen LogP contribution in [0.4, 0.5) is 8.78 Å². The van der Waals surface area contributed by atoms with E-state index in [1.165, 1.54) is 6.07 Å². The number of halogens is 2. The third-order valence-corrected chi connectivity index (χ3v) is 5.55. The number of likely N-dealkylation sites (tertiary alicyclic amines) is 1. The third kappa shape index (κ3) is 4.36. The average Bonchev–Trinajstić information content (AvgIpc) is 3.25. The maximum Gasteiger partial charge on any atom is 0.222 e. The van der Waals surface area contributed by atoms with Gasteiger partial charge in [-0.3, -0.25) is 9.89 Å². The summed E-state index contributed by atoms with van der Waals surface area (Å²) in [7, 11) is 0. The number of nitrogens with one attached hydrogen (secondary N) is 1. The van der Waals surface area contributed by atoms with Crippen molar-refractivity contribution in [2.24, 2.45) is 0 Å². The second-order valence-corrected chi connectivity index (χ2v) is 7.49. The molecule has 150 valence electrons. The molecular weight excluding hydrogens is 372 g/mol. The molecule has 1 saturated heterocycles. The fourth-order valence-corrected chi connectivity index (χ4v) is 3.99. The minimum absolute atomic E-state index is 0.0926. The van der Waals surface area contributed by atoms with Gasteiger partial charge in [0.1, 0.15) is 0 Å². The number of carbonyl (C=O) groups excluding carboxylic acids is 1. The predicted octanol–water partition coefficient (Wildman–Crippen LogP) is 4.69. The number of aromatic amines is 1. The number of hydrogen-bond acceptors (Lipinski definition) is 2. The van der Waals surface area contributed by atoms with Crippen molar-refractivity contribution in [1.82, 2.24) is 15.1 Å². The van der Waals surface area contributed by atoms with Crippen molar-refractivity contribution in [2.75, 3.05) is 13.1 Å². The Labute approximate surface area is 168 Å². The second-order valence-electron chi connectivity index (χ2n) is 7.49. The zero-order valence-electron chi connectivity index (χ0n) is 16.1. The molecule has 0 radical (unpaired) electrons. The lowest BCUT2D eigenvalue weighted by Crippen LogP contribution is -2.39. The summed E-state index contributed by atoms with van der Waals surface area (Å²) in [5.74, 6) is -1.51. The Bertz CT molecular complexity index is 987. The maximum absolute atomic E-state index is 13.7. The van der Waals surface area contributed by atoms with Crippen LogP contribution in [-0.2, 0) is 11.2 Å². The first kappa shape index (κ1) is 19.3. The molecule has 2 heterocycles. The molecule has 0 saturated carbocycles. The number of amides is 1. The summed E-state index contributed by atoms with van der Waals surface area (Å²) in [5.41, 5.74) is 3.37. The van der Waals surface area contributed by atoms with Gasteiger partial charge in [-0.1, -0.05) is 36.4 Å². The van der Waals surface area contributed by atoms with E-state index in [-0.39, 0.29) is 11.8 Å². The van der Waals surface area contributed by atoms with Crippen molar-refractivity contribution in [3.8, 4) is 11.1 Å². The first-order chi connectivity index (χ1) is 14.1. The minimum Gasteiger partial charge on any atom is -0.342 e. The van der Waals surface area contributed by atoms with Crippen molar-refractivity contribution < 1.29 is 13.6 Å². The largest absolute Gasteiger partial charge is 0.342 e. The Morgan fingerprint density at radius 2 is 1.97 bits per heavy atom. The van der Waals surface area contributed by atoms with Crippen molar-refractivity contribution in [1.29, 1.82) is 0 Å². The highest BCUT2D eigenvalue weighted by Crippen LogP contribution is 2.33. The third-order valence-electron chi connectivity index (χ3n) is 5.55. The quantitative estimate of drug-likeness (QED) is 0.681. The van der Waals surface area contributed by atoms with Gasteiger partial charge in [0.05, 0.1) is 6.20 Å². The van der Waals surface area contributed by atoms with Gasteiger partial charge in [0, 0.05) is 36.7 Å². The summed E-state index contributed by atoms with van der Waals surface area (Å²) in [6.45, 7) is 1.35. The van der Waals surface area contributed by atoms with Gasteiger partial charge in [0.2, 0.25) is 5.91 Å². The predicted molar refractivity (Wildman–Crippen MR) is 107 cm³/mol. The van der Waals surface area contributed by atoms with Crippen molar-refractivity contribution in [3.63, 3.8) is 0 Å². The van der Waals surface area contributed by atoms with Gasteiger partial charge in [-0.25, -0.2) is 8.78 Å². The Morgan fingerprint density at radius 1 is 1.14 bits per heavy atom. The zero-order chi connectivity index (χ0) is 20.2. The highest BCUT2D eigenvalue weighted by molar-refractivity contribution is 5.77. The van der Waals surface area contributed by atoms with Gasteiger partial charge in [-0.2, -0.15) is 5.10 Å². The lowest BCUT2D eigenvalue weighted by atomic mass is 9.90. The Balaban J connectivity index is 1.45. The van der Waals surface area contributed by atoms with Gasteiger partial charge in [-0.15, -0.1) is 0 Å². The van der Waals surface area contributed by atoms with Crippen LogP contribution < -0.4 is 0 Å². The van der Waals surface area contributed by atoms with Crippen LogP contribution in [0.1, 0.15) is 36.4 Å². The number of H-pyrrole nitrogens is 1. The molecule has 3 aromatic rings. The number of aryl methyl sites for hydroxylation is 1. The summed E-state index contributed by atoms with van der Waals surface area (Å²) < 4.78 is 27.0. The number of nitrogens with zero attached hydrogens (tertiary/aromatic N) is 2. The number of aromatic nitrogens is 2. The molecule has 1 unspecified atom stereocenters. The summed E-state index contributed by atoms with van der Waals surface area (Å²) in [5, 5.41) is 7.15. The highest BCUT2D eigenvalue weighted by atomic mass is 19.2. The molecule has 0 spiro atoms. The Morgan fingerprint density at radius 3 is 2.76 bits per heavy atom. The van der Waals surface area contributed by atoms with Crippen LogP contribution in [0.25, 0.3) is 11.1 Å². The van der Waals surface area contributed by atoms with Crippen LogP contribution in [0.15, 0.2) is 54.7 Å². The van der Waals surface area contributed by atoms with Crippen molar-refractivity contribution >= 4 is 5.91 Å². The summed E-state index contributed by atoms with van der Waals surface area (Å²) in [6, 6.07) is 13.9. The SMILES string of the molecule is O=C(CCc1ccccc1)N1CCCC(c2[nH]ncc2-c2ccc(F)c(F)c2)C1. The molecule has 1 aromatic heterocycles. The number of benzene rings is 2. The molecule has 4 rings (SSSR count). The van der Waals surface area contributed by atoms with Crippen molar-refractivity contribution in [3.05, 3.63) is 77.6 Å². The summed E-state index contributed by atoms with van der Waals surface area (Å²) >= 11 is 0. The molecule has 6 heteroatoms. The zero-order valence-corrected chi connectivity index (χ0v) is 16.1. The van der Waals surface area contributed by atoms with Crippen LogP contribution in [0, 0.1) is 11.6 Å². The molecule has 4 nitrogen and oxygen atoms in total. The van der Waals surface area contributed by atoms with E-state index < -0.39 is 11.6 Å². The van der Waals surface area contributed by atoms with E-state index in [1.807, 2.05) is 35.2 Å². The molecule has 2 aromatic carbocycles. The lowest BCUT2D eigenvalue weighted by molar-refractivity contribution is -0.132. The first-order valence-electron chi connectivity index (χ1n) is 9.92. The van der Waals surface area contributed by atoms with Gasteiger partial charge in [0.25, 0.3) is 0 Å². The van der Waals surface area contributed by atoms with E-state index in [0.717, 1.165) is 48.7 Å². The summed E-state index contributed by atoms with van der Waals surface area (Å²) in [6.07, 6.45) is 4.66. The molecule has 1 amide bonds. The van der Waals surface area contributed by atoms with Gasteiger partial charge in [0.15, 0.2) is 11.6 Å². The van der Waals surface area contributed by atoms with E-state index in [2.05, 4.69) is 10.2 Å². The fraction of sp³-hybridized carbons (Fsp3) is 0.304. The standard InChI is InChI=1S/C23H23F2N3O/c24-20-10-9-17(13-21(20)25)19-14-26-27-23(19)18-7-4-12-28(15-18)22(29)11-8-16-5-2-1-3-6-16/h1-3,5-6,9-10,13-14,18H,4,7-8,11-12,15H2,(H,26,27). The molecule has 1 atom stereocenters. The Hall–Kier alpha value is -3.02. The maximum atomic E-state index is 13.7. The van der Waals surface area contributed by atoms with Crippen LogP contribution >= 0.6 is 0 Å². The number of rotatable bonds is 5. The van der Waals surface area contributed by atoms with Gasteiger partial charge >= 0.3 is 0 Å². The topological polar surface area (TPSA) is 49.0 Å². The lowest BCUT2D eigenvalue weighted by Gasteiger charge is -2.33. The number of piperidine rings is 1. The molecule has 1 N–H and O–H groups in total. The molecule has 1 aliphatic rings. The van der Waals surface area contributed by atoms with E-state index in [4.69, 9.17) is 0 Å². The van der Waals surface area contributed by atoms with E-state index >= 15 is 0 Å². The first-order valence-corrected chi connectivity index (χ1v) is 9.92. The average molecular weight is 395 g/mol. The smallest absolute Gasteiger partial charge is 0.222 e. The molecule has 1 aliphatic heterocycles. The van der Waals surface area contributed by atoms with E-state index in [0.29, 0.717) is 18.5 Å². The number of carbonyl (C=O) groups is 1.